The van der Waals surface area contributed by atoms with Crippen molar-refractivity contribution in [1.29, 1.82) is 0 Å². The number of rotatable bonds is 6. The maximum atomic E-state index is 5.71. The Kier molecular flexibility index (Phi) is 5.34. The lowest BCUT2D eigenvalue weighted by molar-refractivity contribution is -0.187. The molecule has 0 aromatic heterocycles. The van der Waals surface area contributed by atoms with Crippen molar-refractivity contribution in [3.8, 4) is 0 Å². The third-order valence-electron chi connectivity index (χ3n) is 2.91. The molecular formula is C13H24O2. The summed E-state index contributed by atoms with van der Waals surface area (Å²) in [4.78, 5) is 0. The Morgan fingerprint density at radius 3 is 2.93 bits per heavy atom. The number of ether oxygens (including phenoxy) is 2. The van der Waals surface area contributed by atoms with E-state index >= 15 is 0 Å². The van der Waals surface area contributed by atoms with Crippen LogP contribution in [0.5, 0.6) is 0 Å². The van der Waals surface area contributed by atoms with Gasteiger partial charge in [-0.05, 0) is 31.1 Å². The van der Waals surface area contributed by atoms with Crippen LogP contribution in [-0.4, -0.2) is 19.5 Å². The fourth-order valence-corrected chi connectivity index (χ4v) is 1.79. The zero-order valence-corrected chi connectivity index (χ0v) is 10.1. The summed E-state index contributed by atoms with van der Waals surface area (Å²) in [5.74, 6) is 0. The highest BCUT2D eigenvalue weighted by Gasteiger charge is 2.28. The van der Waals surface area contributed by atoms with E-state index in [0.717, 1.165) is 38.9 Å². The summed E-state index contributed by atoms with van der Waals surface area (Å²) in [5, 5.41) is 0. The van der Waals surface area contributed by atoms with Crippen molar-refractivity contribution < 1.29 is 9.47 Å². The largest absolute Gasteiger partial charge is 0.353 e. The molecule has 0 bridgehead atoms. The minimum absolute atomic E-state index is 0.0254. The molecule has 0 aliphatic carbocycles. The maximum Gasteiger partial charge on any atom is 0.158 e. The molecule has 15 heavy (non-hydrogen) atoms. The van der Waals surface area contributed by atoms with Crippen LogP contribution in [0.4, 0.5) is 0 Å². The van der Waals surface area contributed by atoms with Crippen LogP contribution in [0.15, 0.2) is 12.7 Å². The van der Waals surface area contributed by atoms with Crippen LogP contribution >= 0.6 is 0 Å². The molecule has 0 aromatic carbocycles. The van der Waals surface area contributed by atoms with Gasteiger partial charge in [0.1, 0.15) is 0 Å². The van der Waals surface area contributed by atoms with Gasteiger partial charge in [-0.25, -0.2) is 0 Å². The summed E-state index contributed by atoms with van der Waals surface area (Å²) in [5.41, 5.74) is 0.379. The first-order valence-electron chi connectivity index (χ1n) is 5.98. The van der Waals surface area contributed by atoms with Crippen LogP contribution in [0.2, 0.25) is 0 Å². The summed E-state index contributed by atoms with van der Waals surface area (Å²) in [7, 11) is 0. The van der Waals surface area contributed by atoms with Gasteiger partial charge in [-0.2, -0.15) is 0 Å². The van der Waals surface area contributed by atoms with E-state index in [-0.39, 0.29) is 6.29 Å². The normalized spacial score (nSPS) is 25.1. The van der Waals surface area contributed by atoms with Gasteiger partial charge in [-0.1, -0.05) is 19.9 Å². The van der Waals surface area contributed by atoms with Crippen molar-refractivity contribution in [3.63, 3.8) is 0 Å². The van der Waals surface area contributed by atoms with Gasteiger partial charge in [0, 0.05) is 13.0 Å². The smallest absolute Gasteiger partial charge is 0.158 e. The quantitative estimate of drug-likeness (QED) is 0.495. The first kappa shape index (κ1) is 12.7. The minimum atomic E-state index is 0.0254. The Morgan fingerprint density at radius 1 is 1.47 bits per heavy atom. The standard InChI is InChI=1S/C13H24O2/c1-4-5-6-7-9-14-12-11-13(2,3)8-10-15-12/h4,12H,1,5-11H2,2-3H3. The molecule has 0 saturated carbocycles. The number of hydrogen-bond acceptors (Lipinski definition) is 2. The Labute approximate surface area is 93.7 Å². The molecule has 0 radical (unpaired) electrons. The molecule has 1 heterocycles. The first-order valence-corrected chi connectivity index (χ1v) is 5.98. The number of allylic oxidation sites excluding steroid dienone is 1. The molecule has 1 aliphatic heterocycles. The third-order valence-corrected chi connectivity index (χ3v) is 2.91. The van der Waals surface area contributed by atoms with Gasteiger partial charge in [0.2, 0.25) is 0 Å². The molecule has 1 saturated heterocycles. The van der Waals surface area contributed by atoms with Gasteiger partial charge in [-0.15, -0.1) is 6.58 Å². The van der Waals surface area contributed by atoms with Crippen molar-refractivity contribution in [2.75, 3.05) is 13.2 Å². The predicted molar refractivity (Wildman–Crippen MR) is 62.8 cm³/mol. The lowest BCUT2D eigenvalue weighted by Gasteiger charge is -2.34. The zero-order valence-electron chi connectivity index (χ0n) is 10.1. The summed E-state index contributed by atoms with van der Waals surface area (Å²) in [6, 6.07) is 0. The van der Waals surface area contributed by atoms with Crippen LogP contribution in [0, 0.1) is 5.41 Å². The highest BCUT2D eigenvalue weighted by molar-refractivity contribution is 4.74. The second-order valence-electron chi connectivity index (χ2n) is 5.07. The van der Waals surface area contributed by atoms with Crippen molar-refractivity contribution in [3.05, 3.63) is 12.7 Å². The molecule has 1 unspecified atom stereocenters. The SMILES string of the molecule is C=CCCCCOC1CC(C)(C)CCO1. The molecular weight excluding hydrogens is 188 g/mol. The van der Waals surface area contributed by atoms with Crippen molar-refractivity contribution >= 4 is 0 Å². The van der Waals surface area contributed by atoms with Gasteiger partial charge in [0.15, 0.2) is 6.29 Å². The summed E-state index contributed by atoms with van der Waals surface area (Å²) >= 11 is 0. The lowest BCUT2D eigenvalue weighted by Crippen LogP contribution is -2.33. The molecule has 1 fully saturated rings. The van der Waals surface area contributed by atoms with Gasteiger partial charge < -0.3 is 9.47 Å². The van der Waals surface area contributed by atoms with E-state index in [2.05, 4.69) is 20.4 Å². The number of hydrogen-bond donors (Lipinski definition) is 0. The number of unbranched alkanes of at least 4 members (excludes halogenated alkanes) is 2. The highest BCUT2D eigenvalue weighted by Crippen LogP contribution is 2.32. The fourth-order valence-electron chi connectivity index (χ4n) is 1.79. The molecule has 0 N–H and O–H groups in total. The van der Waals surface area contributed by atoms with E-state index in [1.54, 1.807) is 0 Å². The fraction of sp³-hybridized carbons (Fsp3) is 0.846. The molecule has 88 valence electrons. The molecule has 0 spiro atoms. The van der Waals surface area contributed by atoms with E-state index in [9.17, 15) is 0 Å². The van der Waals surface area contributed by atoms with Gasteiger partial charge in [0.05, 0.1) is 6.61 Å². The van der Waals surface area contributed by atoms with Crippen molar-refractivity contribution in [2.24, 2.45) is 5.41 Å². The molecule has 0 aromatic rings. The van der Waals surface area contributed by atoms with Crippen LogP contribution in [0.1, 0.15) is 46.0 Å². The van der Waals surface area contributed by atoms with Crippen LogP contribution in [-0.2, 0) is 9.47 Å². The summed E-state index contributed by atoms with van der Waals surface area (Å²) in [6.45, 7) is 9.92. The van der Waals surface area contributed by atoms with E-state index in [0.29, 0.717) is 5.41 Å². The monoisotopic (exact) mass is 212 g/mol. The van der Waals surface area contributed by atoms with Crippen molar-refractivity contribution in [2.45, 2.75) is 52.2 Å². The topological polar surface area (TPSA) is 18.5 Å². The molecule has 2 nitrogen and oxygen atoms in total. The zero-order chi connectivity index (χ0) is 11.1. The van der Waals surface area contributed by atoms with Gasteiger partial charge in [-0.3, -0.25) is 0 Å². The maximum absolute atomic E-state index is 5.71. The second kappa shape index (κ2) is 6.29. The molecule has 1 atom stereocenters. The minimum Gasteiger partial charge on any atom is -0.353 e. The van der Waals surface area contributed by atoms with Gasteiger partial charge >= 0.3 is 0 Å². The van der Waals surface area contributed by atoms with Crippen LogP contribution < -0.4 is 0 Å². The van der Waals surface area contributed by atoms with E-state index in [4.69, 9.17) is 9.47 Å². The Balaban J connectivity index is 2.08. The van der Waals surface area contributed by atoms with Gasteiger partial charge in [0.25, 0.3) is 0 Å². The summed E-state index contributed by atoms with van der Waals surface area (Å²) in [6.07, 6.45) is 7.50. The molecule has 1 rings (SSSR count). The lowest BCUT2D eigenvalue weighted by atomic mass is 9.84. The summed E-state index contributed by atoms with van der Waals surface area (Å²) < 4.78 is 11.3. The Bertz CT molecular complexity index is 187. The molecule has 1 aliphatic rings. The molecule has 2 heteroatoms. The molecule has 0 amide bonds. The third kappa shape index (κ3) is 5.33. The average molecular weight is 212 g/mol. The van der Waals surface area contributed by atoms with Crippen LogP contribution in [0.25, 0.3) is 0 Å². The van der Waals surface area contributed by atoms with Crippen molar-refractivity contribution in [1.82, 2.24) is 0 Å². The second-order valence-corrected chi connectivity index (χ2v) is 5.07. The van der Waals surface area contributed by atoms with E-state index < -0.39 is 0 Å². The Hall–Kier alpha value is -0.340. The highest BCUT2D eigenvalue weighted by atomic mass is 16.7. The Morgan fingerprint density at radius 2 is 2.27 bits per heavy atom. The van der Waals surface area contributed by atoms with Crippen LogP contribution in [0.3, 0.4) is 0 Å². The average Bonchev–Trinajstić information content (AvgIpc) is 2.16. The first-order chi connectivity index (χ1) is 7.14. The predicted octanol–water partition coefficient (Wildman–Crippen LogP) is 3.52. The van der Waals surface area contributed by atoms with E-state index in [1.165, 1.54) is 6.42 Å². The van der Waals surface area contributed by atoms with E-state index in [1.807, 2.05) is 6.08 Å².